The van der Waals surface area contributed by atoms with Gasteiger partial charge in [0, 0.05) is 19.4 Å². The molecule has 2 N–H and O–H groups in total. The molecule has 5 heteroatoms. The first kappa shape index (κ1) is 13.5. The second kappa shape index (κ2) is 5.40. The molecule has 0 aliphatic carbocycles. The number of carboxylic acids is 1. The fraction of sp³-hybridized carbons (Fsp3) is 0.429. The highest BCUT2D eigenvalue weighted by Crippen LogP contribution is 2.27. The molecule has 0 fully saturated rings. The first-order valence-electron chi connectivity index (χ1n) is 6.27. The molecule has 5 nitrogen and oxygen atoms in total. The third-order valence-electron chi connectivity index (χ3n) is 3.25. The zero-order valence-corrected chi connectivity index (χ0v) is 11.3. The fourth-order valence-corrected chi connectivity index (χ4v) is 2.43. The Balaban J connectivity index is 2.31. The molecule has 102 valence electrons. The summed E-state index contributed by atoms with van der Waals surface area (Å²) in [5.74, 6) is -0.161. The number of hydrogen-bond donors (Lipinski definition) is 2. The van der Waals surface area contributed by atoms with Crippen LogP contribution in [-0.2, 0) is 4.79 Å². The van der Waals surface area contributed by atoms with E-state index in [9.17, 15) is 4.79 Å². The Morgan fingerprint density at radius 3 is 2.89 bits per heavy atom. The average molecular weight is 262 g/mol. The van der Waals surface area contributed by atoms with Crippen LogP contribution in [0.1, 0.15) is 30.8 Å². The molecule has 19 heavy (non-hydrogen) atoms. The zero-order valence-electron chi connectivity index (χ0n) is 11.3. The van der Waals surface area contributed by atoms with Crippen molar-refractivity contribution in [1.29, 1.82) is 0 Å². The van der Waals surface area contributed by atoms with Gasteiger partial charge in [-0.2, -0.15) is 0 Å². The largest absolute Gasteiger partial charge is 0.481 e. The summed E-state index contributed by atoms with van der Waals surface area (Å²) in [5.41, 5.74) is 2.58. The van der Waals surface area contributed by atoms with Crippen LogP contribution >= 0.6 is 0 Å². The summed E-state index contributed by atoms with van der Waals surface area (Å²) >= 11 is 0. The molecule has 0 saturated carbocycles. The SMILES string of the molecule is CNC(c1ccc2oc(C)nc2c1)C(C)CC(=O)O. The minimum Gasteiger partial charge on any atom is -0.481 e. The summed E-state index contributed by atoms with van der Waals surface area (Å²) < 4.78 is 5.44. The van der Waals surface area contributed by atoms with Crippen molar-refractivity contribution in [1.82, 2.24) is 10.3 Å². The number of carboxylic acid groups (broad SMARTS) is 1. The smallest absolute Gasteiger partial charge is 0.303 e. The number of aliphatic carboxylic acids is 1. The molecule has 1 aromatic carbocycles. The van der Waals surface area contributed by atoms with Crippen molar-refractivity contribution in [3.05, 3.63) is 29.7 Å². The molecule has 0 spiro atoms. The number of hydrogen-bond acceptors (Lipinski definition) is 4. The van der Waals surface area contributed by atoms with E-state index in [0.717, 1.165) is 16.7 Å². The van der Waals surface area contributed by atoms with Crippen LogP contribution in [-0.4, -0.2) is 23.1 Å². The van der Waals surface area contributed by atoms with Gasteiger partial charge in [0.2, 0.25) is 0 Å². The normalized spacial score (nSPS) is 14.5. The maximum absolute atomic E-state index is 10.8. The van der Waals surface area contributed by atoms with Crippen molar-refractivity contribution >= 4 is 17.1 Å². The summed E-state index contributed by atoms with van der Waals surface area (Å²) in [6.45, 7) is 3.73. The van der Waals surface area contributed by atoms with Crippen LogP contribution in [0.4, 0.5) is 0 Å². The van der Waals surface area contributed by atoms with E-state index in [2.05, 4.69) is 10.3 Å². The minimum atomic E-state index is -0.786. The molecule has 0 radical (unpaired) electrons. The molecule has 2 aromatic rings. The van der Waals surface area contributed by atoms with E-state index in [1.807, 2.05) is 39.1 Å². The van der Waals surface area contributed by atoms with Crippen molar-refractivity contribution in [3.63, 3.8) is 0 Å². The third kappa shape index (κ3) is 2.93. The quantitative estimate of drug-likeness (QED) is 0.866. The summed E-state index contributed by atoms with van der Waals surface area (Å²) in [7, 11) is 1.83. The Morgan fingerprint density at radius 2 is 2.26 bits per heavy atom. The van der Waals surface area contributed by atoms with Gasteiger partial charge in [-0.3, -0.25) is 4.79 Å². The zero-order chi connectivity index (χ0) is 14.0. The number of aryl methyl sites for hydroxylation is 1. The van der Waals surface area contributed by atoms with E-state index in [-0.39, 0.29) is 18.4 Å². The highest BCUT2D eigenvalue weighted by atomic mass is 16.4. The lowest BCUT2D eigenvalue weighted by Gasteiger charge is -2.22. The van der Waals surface area contributed by atoms with Gasteiger partial charge in [0.25, 0.3) is 0 Å². The number of rotatable bonds is 5. The average Bonchev–Trinajstić information content (AvgIpc) is 2.68. The molecule has 2 atom stereocenters. The lowest BCUT2D eigenvalue weighted by atomic mass is 9.92. The molecule has 0 bridgehead atoms. The van der Waals surface area contributed by atoms with Gasteiger partial charge in [0.15, 0.2) is 11.5 Å². The monoisotopic (exact) mass is 262 g/mol. The molecular weight excluding hydrogens is 244 g/mol. The molecular formula is C14H18N2O3. The summed E-state index contributed by atoms with van der Waals surface area (Å²) in [4.78, 5) is 15.1. The molecule has 0 aliphatic rings. The number of fused-ring (bicyclic) bond motifs is 1. The van der Waals surface area contributed by atoms with Crippen LogP contribution < -0.4 is 5.32 Å². The van der Waals surface area contributed by atoms with E-state index >= 15 is 0 Å². The topological polar surface area (TPSA) is 75.4 Å². The van der Waals surface area contributed by atoms with Crippen molar-refractivity contribution in [2.24, 2.45) is 5.92 Å². The van der Waals surface area contributed by atoms with Crippen LogP contribution in [0.25, 0.3) is 11.1 Å². The number of nitrogens with one attached hydrogen (secondary N) is 1. The van der Waals surface area contributed by atoms with Gasteiger partial charge in [0.1, 0.15) is 5.52 Å². The number of aromatic nitrogens is 1. The van der Waals surface area contributed by atoms with Crippen molar-refractivity contribution in [3.8, 4) is 0 Å². The van der Waals surface area contributed by atoms with Gasteiger partial charge in [-0.25, -0.2) is 4.98 Å². The van der Waals surface area contributed by atoms with Crippen LogP contribution in [0.2, 0.25) is 0 Å². The van der Waals surface area contributed by atoms with Crippen molar-refractivity contribution < 1.29 is 14.3 Å². The standard InChI is InChI=1S/C14H18N2O3/c1-8(6-13(17)18)14(15-3)10-4-5-12-11(7-10)16-9(2)19-12/h4-5,7-8,14-15H,6H2,1-3H3,(H,17,18). The molecule has 2 rings (SSSR count). The number of benzene rings is 1. The van der Waals surface area contributed by atoms with Crippen LogP contribution in [0.15, 0.2) is 22.6 Å². The van der Waals surface area contributed by atoms with E-state index in [1.54, 1.807) is 0 Å². The highest BCUT2D eigenvalue weighted by molar-refractivity contribution is 5.73. The Kier molecular flexibility index (Phi) is 3.85. The summed E-state index contributed by atoms with van der Waals surface area (Å²) in [5, 5.41) is 12.1. The summed E-state index contributed by atoms with van der Waals surface area (Å²) in [6.07, 6.45) is 0.126. The number of nitrogens with zero attached hydrogens (tertiary/aromatic N) is 1. The predicted molar refractivity (Wildman–Crippen MR) is 72.0 cm³/mol. The number of oxazole rings is 1. The number of carbonyl (C=O) groups is 1. The van der Waals surface area contributed by atoms with Crippen molar-refractivity contribution in [2.75, 3.05) is 7.05 Å². The molecule has 2 unspecified atom stereocenters. The minimum absolute atomic E-state index is 0.00653. The van der Waals surface area contributed by atoms with Gasteiger partial charge in [-0.1, -0.05) is 13.0 Å². The maximum atomic E-state index is 10.8. The van der Waals surface area contributed by atoms with Gasteiger partial charge < -0.3 is 14.8 Å². The van der Waals surface area contributed by atoms with E-state index in [0.29, 0.717) is 5.89 Å². The molecule has 0 aliphatic heterocycles. The molecule has 0 amide bonds. The Labute approximate surface area is 111 Å². The van der Waals surface area contributed by atoms with Gasteiger partial charge in [0.05, 0.1) is 0 Å². The van der Waals surface area contributed by atoms with Crippen LogP contribution in [0, 0.1) is 12.8 Å². The predicted octanol–water partition coefficient (Wildman–Crippen LogP) is 2.51. The van der Waals surface area contributed by atoms with E-state index in [1.165, 1.54) is 0 Å². The first-order valence-corrected chi connectivity index (χ1v) is 6.27. The second-order valence-electron chi connectivity index (χ2n) is 4.80. The summed E-state index contributed by atoms with van der Waals surface area (Å²) in [6, 6.07) is 5.76. The molecule has 1 aromatic heterocycles. The van der Waals surface area contributed by atoms with Crippen molar-refractivity contribution in [2.45, 2.75) is 26.3 Å². The maximum Gasteiger partial charge on any atom is 0.303 e. The molecule has 0 saturated heterocycles. The Morgan fingerprint density at radius 1 is 1.53 bits per heavy atom. The Hall–Kier alpha value is -1.88. The molecule has 1 heterocycles. The third-order valence-corrected chi connectivity index (χ3v) is 3.25. The van der Waals surface area contributed by atoms with Crippen LogP contribution in [0.5, 0.6) is 0 Å². The fourth-order valence-electron chi connectivity index (χ4n) is 2.43. The van der Waals surface area contributed by atoms with Gasteiger partial charge >= 0.3 is 5.97 Å². The lowest BCUT2D eigenvalue weighted by molar-refractivity contribution is -0.138. The van der Waals surface area contributed by atoms with Gasteiger partial charge in [-0.05, 0) is 30.7 Å². The van der Waals surface area contributed by atoms with E-state index < -0.39 is 5.97 Å². The second-order valence-corrected chi connectivity index (χ2v) is 4.80. The lowest BCUT2D eigenvalue weighted by Crippen LogP contribution is -2.25. The van der Waals surface area contributed by atoms with Crippen LogP contribution in [0.3, 0.4) is 0 Å². The first-order chi connectivity index (χ1) is 9.01. The van der Waals surface area contributed by atoms with Gasteiger partial charge in [-0.15, -0.1) is 0 Å². The van der Waals surface area contributed by atoms with E-state index in [4.69, 9.17) is 9.52 Å². The highest BCUT2D eigenvalue weighted by Gasteiger charge is 2.20. The Bertz CT molecular complexity index is 591.